The van der Waals surface area contributed by atoms with Crippen LogP contribution < -0.4 is 4.90 Å². The lowest BCUT2D eigenvalue weighted by Crippen LogP contribution is -2.22. The molecule has 0 aliphatic carbocycles. The zero-order valence-corrected chi connectivity index (χ0v) is 13.0. The topological polar surface area (TPSA) is 66.8 Å². The second-order valence-corrected chi connectivity index (χ2v) is 5.31. The van der Waals surface area contributed by atoms with E-state index in [-0.39, 0.29) is 18.6 Å². The van der Waals surface area contributed by atoms with Crippen molar-refractivity contribution in [1.82, 2.24) is 0 Å². The Balaban J connectivity index is 2.35. The molecule has 1 N–H and O–H groups in total. The number of carboxylic acids is 1. The first kappa shape index (κ1) is 15.3. The summed E-state index contributed by atoms with van der Waals surface area (Å²) in [5, 5.41) is 9.19. The van der Waals surface area contributed by atoms with Crippen molar-refractivity contribution in [2.24, 2.45) is 0 Å². The number of ether oxygens (including phenoxy) is 1. The molecule has 0 radical (unpaired) electrons. The number of halogens is 1. The van der Waals surface area contributed by atoms with Crippen molar-refractivity contribution >= 4 is 33.6 Å². The Hall–Kier alpha value is -2.08. The van der Waals surface area contributed by atoms with Crippen molar-refractivity contribution in [3.63, 3.8) is 0 Å². The minimum absolute atomic E-state index is 0.0567. The number of hydrogen-bond donors (Lipinski definition) is 1. The van der Waals surface area contributed by atoms with E-state index in [2.05, 4.69) is 15.9 Å². The normalized spacial score (nSPS) is 14.3. The Bertz CT molecular complexity index is 619. The predicted octanol–water partition coefficient (Wildman–Crippen LogP) is 3.07. The zero-order chi connectivity index (χ0) is 15.4. The highest BCUT2D eigenvalue weighted by atomic mass is 79.9. The third-order valence-electron chi connectivity index (χ3n) is 2.91. The van der Waals surface area contributed by atoms with E-state index in [0.717, 1.165) is 10.2 Å². The molecule has 0 atom stereocenters. The molecule has 1 aliphatic heterocycles. The van der Waals surface area contributed by atoms with Crippen LogP contribution in [0.2, 0.25) is 0 Å². The van der Waals surface area contributed by atoms with Gasteiger partial charge in [-0.1, -0.05) is 15.9 Å². The summed E-state index contributed by atoms with van der Waals surface area (Å²) >= 11 is 3.34. The lowest BCUT2D eigenvalue weighted by molar-refractivity contribution is -0.138. The smallest absolute Gasteiger partial charge is 0.335 e. The molecule has 0 unspecified atom stereocenters. The molecule has 1 aromatic carbocycles. The van der Waals surface area contributed by atoms with Gasteiger partial charge >= 0.3 is 11.9 Å². The first-order valence-corrected chi connectivity index (χ1v) is 7.16. The average Bonchev–Trinajstić information content (AvgIpc) is 2.47. The van der Waals surface area contributed by atoms with Crippen molar-refractivity contribution in [2.75, 3.05) is 11.5 Å². The van der Waals surface area contributed by atoms with Crippen LogP contribution in [-0.2, 0) is 14.3 Å². The number of rotatable bonds is 4. The number of carboxylic acid groups (broad SMARTS) is 1. The van der Waals surface area contributed by atoms with Gasteiger partial charge in [0, 0.05) is 29.0 Å². The molecular formula is C15H14BrNO4. The van der Waals surface area contributed by atoms with E-state index in [1.165, 1.54) is 6.20 Å². The molecule has 0 amide bonds. The predicted molar refractivity (Wildman–Crippen MR) is 81.7 cm³/mol. The van der Waals surface area contributed by atoms with Crippen molar-refractivity contribution in [2.45, 2.75) is 13.3 Å². The first-order chi connectivity index (χ1) is 10.0. The van der Waals surface area contributed by atoms with Crippen molar-refractivity contribution in [1.29, 1.82) is 0 Å². The maximum Gasteiger partial charge on any atom is 0.335 e. The molecule has 1 aliphatic rings. The molecule has 0 fully saturated rings. The number of anilines is 1. The molecule has 0 saturated carbocycles. The van der Waals surface area contributed by atoms with Crippen LogP contribution in [0, 0.1) is 0 Å². The average molecular weight is 352 g/mol. The van der Waals surface area contributed by atoms with Gasteiger partial charge in [-0.15, -0.1) is 0 Å². The number of carbonyl (C=O) groups excluding carboxylic acids is 1. The van der Waals surface area contributed by atoms with E-state index in [9.17, 15) is 14.7 Å². The monoisotopic (exact) mass is 351 g/mol. The van der Waals surface area contributed by atoms with Crippen molar-refractivity contribution in [3.8, 4) is 0 Å². The second kappa shape index (κ2) is 6.58. The molecule has 0 bridgehead atoms. The van der Waals surface area contributed by atoms with Gasteiger partial charge in [-0.05, 0) is 31.2 Å². The van der Waals surface area contributed by atoms with Gasteiger partial charge in [0.05, 0.1) is 17.8 Å². The minimum atomic E-state index is -1.05. The summed E-state index contributed by atoms with van der Waals surface area (Å²) in [4.78, 5) is 24.7. The summed E-state index contributed by atoms with van der Waals surface area (Å²) in [6, 6.07) is 7.33. The van der Waals surface area contributed by atoms with Crippen LogP contribution in [0.3, 0.4) is 0 Å². The molecule has 0 saturated heterocycles. The number of nitrogens with zero attached hydrogens (tertiary/aromatic N) is 1. The van der Waals surface area contributed by atoms with E-state index in [1.807, 2.05) is 24.3 Å². The molecule has 110 valence electrons. The van der Waals surface area contributed by atoms with Crippen LogP contribution in [0.25, 0.3) is 0 Å². The number of esters is 1. The van der Waals surface area contributed by atoms with E-state index in [0.29, 0.717) is 5.57 Å². The maximum absolute atomic E-state index is 11.9. The van der Waals surface area contributed by atoms with E-state index in [1.54, 1.807) is 18.0 Å². The first-order valence-electron chi connectivity index (χ1n) is 6.37. The molecule has 5 nitrogen and oxygen atoms in total. The number of carbonyl (C=O) groups is 2. The summed E-state index contributed by atoms with van der Waals surface area (Å²) in [7, 11) is 0. The van der Waals surface area contributed by atoms with Gasteiger partial charge in [0.1, 0.15) is 0 Å². The second-order valence-electron chi connectivity index (χ2n) is 4.39. The van der Waals surface area contributed by atoms with Crippen LogP contribution >= 0.6 is 15.9 Å². The van der Waals surface area contributed by atoms with Gasteiger partial charge in [0.2, 0.25) is 0 Å². The maximum atomic E-state index is 11.9. The van der Waals surface area contributed by atoms with Gasteiger partial charge in [-0.25, -0.2) is 9.59 Å². The van der Waals surface area contributed by atoms with Crippen molar-refractivity contribution in [3.05, 3.63) is 52.3 Å². The highest BCUT2D eigenvalue weighted by Gasteiger charge is 2.23. The zero-order valence-electron chi connectivity index (χ0n) is 11.4. The molecule has 21 heavy (non-hydrogen) atoms. The summed E-state index contributed by atoms with van der Waals surface area (Å²) < 4.78 is 5.87. The summed E-state index contributed by atoms with van der Waals surface area (Å²) in [6.07, 6.45) is 3.17. The molecular weight excluding hydrogens is 338 g/mol. The van der Waals surface area contributed by atoms with Crippen LogP contribution in [0.4, 0.5) is 5.69 Å². The van der Waals surface area contributed by atoms with E-state index in [4.69, 9.17) is 4.74 Å². The Morgan fingerprint density at radius 3 is 2.43 bits per heavy atom. The SMILES string of the molecule is CCOC(=O)C1=CN(c2ccc(Br)cc2)C=C(C(=O)O)C1. The highest BCUT2D eigenvalue weighted by molar-refractivity contribution is 9.10. The van der Waals surface area contributed by atoms with E-state index >= 15 is 0 Å². The van der Waals surface area contributed by atoms with Gasteiger partial charge in [0.25, 0.3) is 0 Å². The standard InChI is InChI=1S/C15H14BrNO4/c1-2-21-15(20)11-7-10(14(18)19)8-17(9-11)13-5-3-12(16)4-6-13/h3-6,8-9H,2,7H2,1H3,(H,18,19). The molecule has 1 aromatic rings. The fourth-order valence-corrected chi connectivity index (χ4v) is 2.18. The summed E-state index contributed by atoms with van der Waals surface area (Å²) in [6.45, 7) is 1.96. The Kier molecular flexibility index (Phi) is 4.80. The minimum Gasteiger partial charge on any atom is -0.478 e. The number of aliphatic carboxylic acids is 1. The van der Waals surface area contributed by atoms with Gasteiger partial charge in [-0.2, -0.15) is 0 Å². The van der Waals surface area contributed by atoms with Crippen LogP contribution in [-0.4, -0.2) is 23.7 Å². The lowest BCUT2D eigenvalue weighted by Gasteiger charge is -2.23. The Morgan fingerprint density at radius 1 is 1.24 bits per heavy atom. The molecule has 6 heteroatoms. The quantitative estimate of drug-likeness (QED) is 0.844. The third kappa shape index (κ3) is 3.72. The van der Waals surface area contributed by atoms with Gasteiger partial charge < -0.3 is 14.7 Å². The summed E-state index contributed by atoms with van der Waals surface area (Å²) in [5.74, 6) is -1.54. The van der Waals surface area contributed by atoms with Crippen LogP contribution in [0.1, 0.15) is 13.3 Å². The third-order valence-corrected chi connectivity index (χ3v) is 3.44. The largest absolute Gasteiger partial charge is 0.478 e. The molecule has 0 spiro atoms. The molecule has 0 aromatic heterocycles. The lowest BCUT2D eigenvalue weighted by atomic mass is 10.0. The fraction of sp³-hybridized carbons (Fsp3) is 0.200. The highest BCUT2D eigenvalue weighted by Crippen LogP contribution is 2.26. The number of hydrogen-bond acceptors (Lipinski definition) is 4. The van der Waals surface area contributed by atoms with Gasteiger partial charge in [0.15, 0.2) is 0 Å². The number of benzene rings is 1. The fourth-order valence-electron chi connectivity index (χ4n) is 1.91. The van der Waals surface area contributed by atoms with Crippen molar-refractivity contribution < 1.29 is 19.4 Å². The Labute approximate surface area is 130 Å². The summed E-state index contributed by atoms with van der Waals surface area (Å²) in [5.41, 5.74) is 1.22. The Morgan fingerprint density at radius 2 is 1.86 bits per heavy atom. The molecule has 1 heterocycles. The van der Waals surface area contributed by atoms with Crippen LogP contribution in [0.5, 0.6) is 0 Å². The van der Waals surface area contributed by atoms with Crippen LogP contribution in [0.15, 0.2) is 52.3 Å². The molecule has 2 rings (SSSR count). The van der Waals surface area contributed by atoms with E-state index < -0.39 is 11.9 Å². The van der Waals surface area contributed by atoms with Gasteiger partial charge in [-0.3, -0.25) is 0 Å².